The summed E-state index contributed by atoms with van der Waals surface area (Å²) in [6.45, 7) is 5.84. The number of hydrogen-bond acceptors (Lipinski definition) is 4. The van der Waals surface area contributed by atoms with E-state index in [9.17, 15) is 13.2 Å². The molecule has 172 valence electrons. The Morgan fingerprint density at radius 3 is 2.21 bits per heavy atom. The van der Waals surface area contributed by atoms with Gasteiger partial charge in [0.15, 0.2) is 0 Å². The van der Waals surface area contributed by atoms with Crippen molar-refractivity contribution in [3.63, 3.8) is 0 Å². The lowest BCUT2D eigenvalue weighted by atomic mass is 10.1. The number of amides is 1. The molecule has 0 fully saturated rings. The van der Waals surface area contributed by atoms with Crippen LogP contribution in [0.25, 0.3) is 0 Å². The van der Waals surface area contributed by atoms with Gasteiger partial charge in [-0.15, -0.1) is 6.58 Å². The van der Waals surface area contributed by atoms with Crippen molar-refractivity contribution in [2.75, 3.05) is 13.1 Å². The van der Waals surface area contributed by atoms with Crippen molar-refractivity contribution in [3.8, 4) is 0 Å². The third-order valence-electron chi connectivity index (χ3n) is 5.08. The van der Waals surface area contributed by atoms with Gasteiger partial charge >= 0.3 is 6.09 Å². The maximum atomic E-state index is 13.3. The fourth-order valence-corrected chi connectivity index (χ4v) is 4.73. The van der Waals surface area contributed by atoms with E-state index in [1.165, 1.54) is 10.4 Å². The number of rotatable bonds is 10. The molecule has 6 nitrogen and oxygen atoms in total. The maximum Gasteiger partial charge on any atom is 0.407 e. The summed E-state index contributed by atoms with van der Waals surface area (Å²) < 4.78 is 33.3. The van der Waals surface area contributed by atoms with Crippen LogP contribution in [-0.2, 0) is 21.4 Å². The topological polar surface area (TPSA) is 75.7 Å². The second kappa shape index (κ2) is 11.4. The molecule has 0 unspecified atom stereocenters. The maximum absolute atomic E-state index is 13.3. The standard InChI is InChI=1S/C26H28N2O4S/c1-3-18-28(33(30,31)24-16-14-21(2)15-17-24)19-25(23-12-8-5-9-13-23)27-26(29)32-20-22-10-6-4-7-11-22/h3-17,25H,1,18-20H2,2H3,(H,27,29)/t25-/m0/s1. The highest BCUT2D eigenvalue weighted by Crippen LogP contribution is 2.21. The van der Waals surface area contributed by atoms with Gasteiger partial charge in [0.1, 0.15) is 6.61 Å². The molecule has 3 rings (SSSR count). The van der Waals surface area contributed by atoms with Crippen molar-refractivity contribution in [1.29, 1.82) is 0 Å². The van der Waals surface area contributed by atoms with Gasteiger partial charge in [0.25, 0.3) is 0 Å². The zero-order valence-electron chi connectivity index (χ0n) is 18.6. The van der Waals surface area contributed by atoms with E-state index in [0.29, 0.717) is 0 Å². The van der Waals surface area contributed by atoms with Crippen molar-refractivity contribution in [3.05, 3.63) is 114 Å². The molecule has 33 heavy (non-hydrogen) atoms. The molecule has 0 heterocycles. The molecule has 0 aliphatic heterocycles. The Hall–Kier alpha value is -3.42. The minimum Gasteiger partial charge on any atom is -0.445 e. The van der Waals surface area contributed by atoms with Crippen LogP contribution in [-0.4, -0.2) is 31.9 Å². The molecule has 0 saturated carbocycles. The van der Waals surface area contributed by atoms with Gasteiger partial charge in [-0.25, -0.2) is 13.2 Å². The average molecular weight is 465 g/mol. The first kappa shape index (κ1) is 24.2. The predicted molar refractivity (Wildman–Crippen MR) is 129 cm³/mol. The molecule has 0 spiro atoms. The Kier molecular flexibility index (Phi) is 8.40. The molecule has 1 N–H and O–H groups in total. The SMILES string of the molecule is C=CCN(C[C@H](NC(=O)OCc1ccccc1)c1ccccc1)S(=O)(=O)c1ccc(C)cc1. The third kappa shape index (κ3) is 6.78. The number of benzene rings is 3. The summed E-state index contributed by atoms with van der Waals surface area (Å²) in [6.07, 6.45) is 0.903. The number of carbonyl (C=O) groups excluding carboxylic acids is 1. The van der Waals surface area contributed by atoms with Crippen molar-refractivity contribution in [2.45, 2.75) is 24.5 Å². The summed E-state index contributed by atoms with van der Waals surface area (Å²) in [6, 6.07) is 24.6. The normalized spacial score (nSPS) is 12.2. The van der Waals surface area contributed by atoms with Gasteiger partial charge in [-0.2, -0.15) is 4.31 Å². The van der Waals surface area contributed by atoms with Crippen LogP contribution in [0.3, 0.4) is 0 Å². The second-order valence-electron chi connectivity index (χ2n) is 7.59. The first-order chi connectivity index (χ1) is 15.9. The van der Waals surface area contributed by atoms with E-state index in [4.69, 9.17) is 4.74 Å². The van der Waals surface area contributed by atoms with Crippen LogP contribution in [0.2, 0.25) is 0 Å². The molecule has 0 bridgehead atoms. The summed E-state index contributed by atoms with van der Waals surface area (Å²) in [4.78, 5) is 12.8. The number of nitrogens with one attached hydrogen (secondary N) is 1. The minimum absolute atomic E-state index is 0.0205. The van der Waals surface area contributed by atoms with Gasteiger partial charge in [0.2, 0.25) is 10.0 Å². The van der Waals surface area contributed by atoms with Gasteiger partial charge < -0.3 is 10.1 Å². The lowest BCUT2D eigenvalue weighted by Crippen LogP contribution is -2.41. The van der Waals surface area contributed by atoms with E-state index in [1.54, 1.807) is 24.3 Å². The molecule has 7 heteroatoms. The number of carbonyl (C=O) groups is 1. The highest BCUT2D eigenvalue weighted by Gasteiger charge is 2.28. The Labute approximate surface area is 195 Å². The van der Waals surface area contributed by atoms with Crippen molar-refractivity contribution in [2.24, 2.45) is 0 Å². The van der Waals surface area contributed by atoms with E-state index >= 15 is 0 Å². The Balaban J connectivity index is 1.80. The molecule has 0 aliphatic rings. The van der Waals surface area contributed by atoms with Crippen LogP contribution < -0.4 is 5.32 Å². The van der Waals surface area contributed by atoms with Crippen LogP contribution in [0.15, 0.2) is 102 Å². The minimum atomic E-state index is -3.80. The molecular weight excluding hydrogens is 436 g/mol. The summed E-state index contributed by atoms with van der Waals surface area (Å²) in [5, 5.41) is 2.82. The van der Waals surface area contributed by atoms with Gasteiger partial charge in [-0.1, -0.05) is 84.4 Å². The number of aryl methyl sites for hydroxylation is 1. The zero-order chi connectivity index (χ0) is 23.7. The highest BCUT2D eigenvalue weighted by molar-refractivity contribution is 7.89. The van der Waals surface area contributed by atoms with E-state index in [2.05, 4.69) is 11.9 Å². The van der Waals surface area contributed by atoms with Crippen LogP contribution in [0.4, 0.5) is 4.79 Å². The molecule has 0 aromatic heterocycles. The van der Waals surface area contributed by atoms with E-state index in [-0.39, 0.29) is 24.6 Å². The van der Waals surface area contributed by atoms with E-state index < -0.39 is 22.2 Å². The fraction of sp³-hybridized carbons (Fsp3) is 0.192. The first-order valence-electron chi connectivity index (χ1n) is 10.6. The van der Waals surface area contributed by atoms with Crippen LogP contribution >= 0.6 is 0 Å². The number of nitrogens with zero attached hydrogens (tertiary/aromatic N) is 1. The van der Waals surface area contributed by atoms with Crippen molar-refractivity contribution < 1.29 is 17.9 Å². The molecule has 0 saturated heterocycles. The van der Waals surface area contributed by atoms with E-state index in [0.717, 1.165) is 16.7 Å². The quantitative estimate of drug-likeness (QED) is 0.436. The Morgan fingerprint density at radius 2 is 1.61 bits per heavy atom. The Bertz CT molecular complexity index is 1150. The monoisotopic (exact) mass is 464 g/mol. The van der Waals surface area contributed by atoms with Gasteiger partial charge in [-0.3, -0.25) is 0 Å². The van der Waals surface area contributed by atoms with Crippen LogP contribution in [0.5, 0.6) is 0 Å². The van der Waals surface area contributed by atoms with Crippen molar-refractivity contribution >= 4 is 16.1 Å². The highest BCUT2D eigenvalue weighted by atomic mass is 32.2. The lowest BCUT2D eigenvalue weighted by molar-refractivity contribution is 0.134. The smallest absolute Gasteiger partial charge is 0.407 e. The summed E-state index contributed by atoms with van der Waals surface area (Å²) >= 11 is 0. The molecule has 0 radical (unpaired) electrons. The predicted octanol–water partition coefficient (Wildman–Crippen LogP) is 4.84. The molecular formula is C26H28N2O4S. The molecule has 1 atom stereocenters. The van der Waals surface area contributed by atoms with Gasteiger partial charge in [-0.05, 0) is 30.2 Å². The van der Waals surface area contributed by atoms with Crippen molar-refractivity contribution in [1.82, 2.24) is 9.62 Å². The van der Waals surface area contributed by atoms with Crippen LogP contribution in [0, 0.1) is 6.92 Å². The molecule has 3 aromatic carbocycles. The average Bonchev–Trinajstić information content (AvgIpc) is 2.83. The van der Waals surface area contributed by atoms with Crippen LogP contribution in [0.1, 0.15) is 22.7 Å². The molecule has 1 amide bonds. The zero-order valence-corrected chi connectivity index (χ0v) is 19.4. The number of alkyl carbamates (subject to hydrolysis) is 1. The lowest BCUT2D eigenvalue weighted by Gasteiger charge is -2.27. The second-order valence-corrected chi connectivity index (χ2v) is 9.53. The number of hydrogen-bond donors (Lipinski definition) is 1. The Morgan fingerprint density at radius 1 is 1.00 bits per heavy atom. The summed E-state index contributed by atoms with van der Waals surface area (Å²) in [5.74, 6) is 0. The summed E-state index contributed by atoms with van der Waals surface area (Å²) in [5.41, 5.74) is 2.59. The molecule has 0 aliphatic carbocycles. The first-order valence-corrected chi connectivity index (χ1v) is 12.0. The van der Waals surface area contributed by atoms with Gasteiger partial charge in [0, 0.05) is 13.1 Å². The van der Waals surface area contributed by atoms with E-state index in [1.807, 2.05) is 67.6 Å². The summed E-state index contributed by atoms with van der Waals surface area (Å²) in [7, 11) is -3.80. The van der Waals surface area contributed by atoms with Gasteiger partial charge in [0.05, 0.1) is 10.9 Å². The fourth-order valence-electron chi connectivity index (χ4n) is 3.30. The number of sulfonamides is 1. The molecule has 3 aromatic rings. The number of ether oxygens (including phenoxy) is 1. The third-order valence-corrected chi connectivity index (χ3v) is 6.93. The largest absolute Gasteiger partial charge is 0.445 e.